The van der Waals surface area contributed by atoms with Crippen molar-refractivity contribution in [2.75, 3.05) is 26.2 Å². The lowest BCUT2D eigenvalue weighted by Crippen LogP contribution is -2.37. The molecule has 82 valence electrons. The molecule has 6 heteroatoms. The molecular formula is C8H15NO5. The highest BCUT2D eigenvalue weighted by atomic mass is 16.4. The first-order chi connectivity index (χ1) is 6.47. The molecule has 0 aliphatic carbocycles. The fourth-order valence-electron chi connectivity index (χ4n) is 1.03. The number of aliphatic carboxylic acids is 2. The Kier molecular flexibility index (Phi) is 5.82. The summed E-state index contributed by atoms with van der Waals surface area (Å²) in [6, 6.07) is 0. The van der Waals surface area contributed by atoms with E-state index in [0.717, 1.165) is 0 Å². The molecule has 0 heterocycles. The van der Waals surface area contributed by atoms with Crippen molar-refractivity contribution in [1.29, 1.82) is 0 Å². The molecule has 0 saturated heterocycles. The summed E-state index contributed by atoms with van der Waals surface area (Å²) in [6.45, 7) is 1.36. The Bertz CT molecular complexity index is 206. The van der Waals surface area contributed by atoms with Crippen LogP contribution >= 0.6 is 0 Å². The van der Waals surface area contributed by atoms with E-state index in [9.17, 15) is 9.59 Å². The van der Waals surface area contributed by atoms with Crippen molar-refractivity contribution in [3.8, 4) is 0 Å². The SMILES string of the molecule is CC(CN(CCO)CC(=O)O)C(=O)O. The Labute approximate surface area is 81.8 Å². The van der Waals surface area contributed by atoms with Gasteiger partial charge >= 0.3 is 11.9 Å². The molecule has 0 aromatic heterocycles. The van der Waals surface area contributed by atoms with Crippen molar-refractivity contribution in [3.05, 3.63) is 0 Å². The summed E-state index contributed by atoms with van der Waals surface area (Å²) in [4.78, 5) is 22.2. The van der Waals surface area contributed by atoms with Crippen LogP contribution in [0.1, 0.15) is 6.92 Å². The number of hydrogen-bond acceptors (Lipinski definition) is 4. The molecule has 14 heavy (non-hydrogen) atoms. The lowest BCUT2D eigenvalue weighted by atomic mass is 10.1. The predicted molar refractivity (Wildman–Crippen MR) is 48.0 cm³/mol. The number of aliphatic hydroxyl groups excluding tert-OH is 1. The van der Waals surface area contributed by atoms with E-state index < -0.39 is 17.9 Å². The zero-order valence-corrected chi connectivity index (χ0v) is 8.01. The highest BCUT2D eigenvalue weighted by Gasteiger charge is 2.17. The van der Waals surface area contributed by atoms with Crippen LogP contribution in [0.5, 0.6) is 0 Å². The summed E-state index contributed by atoms with van der Waals surface area (Å²) in [5, 5.41) is 25.7. The molecule has 1 unspecified atom stereocenters. The van der Waals surface area contributed by atoms with Crippen LogP contribution in [0.2, 0.25) is 0 Å². The lowest BCUT2D eigenvalue weighted by Gasteiger charge is -2.20. The number of carboxylic acids is 2. The number of aliphatic hydroxyl groups is 1. The third kappa shape index (κ3) is 5.50. The molecule has 0 rings (SSSR count). The molecule has 0 bridgehead atoms. The quantitative estimate of drug-likeness (QED) is 0.497. The van der Waals surface area contributed by atoms with Crippen molar-refractivity contribution in [1.82, 2.24) is 4.90 Å². The first-order valence-corrected chi connectivity index (χ1v) is 4.25. The minimum absolute atomic E-state index is 0.127. The van der Waals surface area contributed by atoms with Crippen LogP contribution in [0.4, 0.5) is 0 Å². The average Bonchev–Trinajstić information content (AvgIpc) is 2.02. The second-order valence-corrected chi connectivity index (χ2v) is 3.09. The van der Waals surface area contributed by atoms with Gasteiger partial charge in [0.25, 0.3) is 0 Å². The van der Waals surface area contributed by atoms with Gasteiger partial charge in [-0.3, -0.25) is 14.5 Å². The minimum atomic E-state index is -1.03. The smallest absolute Gasteiger partial charge is 0.317 e. The summed E-state index contributed by atoms with van der Waals surface area (Å²) in [7, 11) is 0. The molecule has 0 aromatic rings. The highest BCUT2D eigenvalue weighted by molar-refractivity contribution is 5.70. The van der Waals surface area contributed by atoms with Crippen molar-refractivity contribution >= 4 is 11.9 Å². The largest absolute Gasteiger partial charge is 0.481 e. The van der Waals surface area contributed by atoms with E-state index in [1.165, 1.54) is 11.8 Å². The molecule has 0 saturated carbocycles. The van der Waals surface area contributed by atoms with E-state index in [2.05, 4.69) is 0 Å². The lowest BCUT2D eigenvalue weighted by molar-refractivity contribution is -0.144. The van der Waals surface area contributed by atoms with Crippen molar-refractivity contribution in [3.63, 3.8) is 0 Å². The minimum Gasteiger partial charge on any atom is -0.481 e. The van der Waals surface area contributed by atoms with Crippen LogP contribution in [-0.2, 0) is 9.59 Å². The molecular weight excluding hydrogens is 190 g/mol. The van der Waals surface area contributed by atoms with Gasteiger partial charge in [0, 0.05) is 13.1 Å². The van der Waals surface area contributed by atoms with Crippen LogP contribution in [-0.4, -0.2) is 58.4 Å². The Morgan fingerprint density at radius 1 is 1.36 bits per heavy atom. The normalized spacial score (nSPS) is 12.8. The van der Waals surface area contributed by atoms with Crippen LogP contribution in [0.25, 0.3) is 0 Å². The molecule has 0 radical (unpaired) electrons. The number of rotatable bonds is 7. The number of carbonyl (C=O) groups is 2. The Hall–Kier alpha value is -1.14. The molecule has 0 amide bonds. The summed E-state index contributed by atoms with van der Waals surface area (Å²) in [6.07, 6.45) is 0. The van der Waals surface area contributed by atoms with Gasteiger partial charge in [-0.15, -0.1) is 0 Å². The van der Waals surface area contributed by atoms with Gasteiger partial charge in [-0.2, -0.15) is 0 Å². The zero-order valence-electron chi connectivity index (χ0n) is 8.01. The fourth-order valence-corrected chi connectivity index (χ4v) is 1.03. The van der Waals surface area contributed by atoms with E-state index in [0.29, 0.717) is 0 Å². The predicted octanol–water partition coefficient (Wildman–Crippen LogP) is -0.914. The first-order valence-electron chi connectivity index (χ1n) is 4.25. The second kappa shape index (κ2) is 6.33. The van der Waals surface area contributed by atoms with Gasteiger partial charge < -0.3 is 15.3 Å². The zero-order chi connectivity index (χ0) is 11.1. The van der Waals surface area contributed by atoms with Crippen LogP contribution in [0.15, 0.2) is 0 Å². The number of nitrogens with zero attached hydrogens (tertiary/aromatic N) is 1. The van der Waals surface area contributed by atoms with E-state index in [4.69, 9.17) is 15.3 Å². The Balaban J connectivity index is 4.07. The molecule has 0 aromatic carbocycles. The number of hydrogen-bond donors (Lipinski definition) is 3. The van der Waals surface area contributed by atoms with E-state index in [1.54, 1.807) is 0 Å². The summed E-state index contributed by atoms with van der Waals surface area (Å²) >= 11 is 0. The molecule has 0 aliphatic rings. The van der Waals surface area contributed by atoms with Gasteiger partial charge in [0.15, 0.2) is 0 Å². The van der Waals surface area contributed by atoms with E-state index >= 15 is 0 Å². The number of carboxylic acid groups (broad SMARTS) is 2. The van der Waals surface area contributed by atoms with Crippen LogP contribution < -0.4 is 0 Å². The Morgan fingerprint density at radius 3 is 2.29 bits per heavy atom. The average molecular weight is 205 g/mol. The standard InChI is InChI=1S/C8H15NO5/c1-6(8(13)14)4-9(2-3-10)5-7(11)12/h6,10H,2-5H2,1H3,(H,11,12)(H,13,14). The molecule has 6 nitrogen and oxygen atoms in total. The maximum Gasteiger partial charge on any atom is 0.317 e. The maximum atomic E-state index is 10.5. The summed E-state index contributed by atoms with van der Waals surface area (Å²) in [5.41, 5.74) is 0. The molecule has 0 spiro atoms. The summed E-state index contributed by atoms with van der Waals surface area (Å²) < 4.78 is 0. The monoisotopic (exact) mass is 205 g/mol. The summed E-state index contributed by atoms with van der Waals surface area (Å²) in [5.74, 6) is -2.64. The molecule has 1 atom stereocenters. The van der Waals surface area contributed by atoms with E-state index in [1.807, 2.05) is 0 Å². The van der Waals surface area contributed by atoms with Gasteiger partial charge in [0.2, 0.25) is 0 Å². The van der Waals surface area contributed by atoms with Gasteiger partial charge in [0.1, 0.15) is 0 Å². The first kappa shape index (κ1) is 12.9. The van der Waals surface area contributed by atoms with Crippen LogP contribution in [0, 0.1) is 5.92 Å². The van der Waals surface area contributed by atoms with Gasteiger partial charge in [0.05, 0.1) is 19.1 Å². The van der Waals surface area contributed by atoms with Crippen molar-refractivity contribution in [2.24, 2.45) is 5.92 Å². The fraction of sp³-hybridized carbons (Fsp3) is 0.750. The van der Waals surface area contributed by atoms with Gasteiger partial charge in [-0.05, 0) is 0 Å². The Morgan fingerprint density at radius 2 is 1.93 bits per heavy atom. The van der Waals surface area contributed by atoms with Crippen molar-refractivity contribution < 1.29 is 24.9 Å². The third-order valence-electron chi connectivity index (χ3n) is 1.73. The van der Waals surface area contributed by atoms with E-state index in [-0.39, 0.29) is 26.2 Å². The van der Waals surface area contributed by atoms with Crippen molar-refractivity contribution in [2.45, 2.75) is 6.92 Å². The molecule has 0 aliphatic heterocycles. The van der Waals surface area contributed by atoms with Gasteiger partial charge in [-0.25, -0.2) is 0 Å². The topological polar surface area (TPSA) is 98.1 Å². The highest BCUT2D eigenvalue weighted by Crippen LogP contribution is 1.99. The third-order valence-corrected chi connectivity index (χ3v) is 1.73. The molecule has 3 N–H and O–H groups in total. The van der Waals surface area contributed by atoms with Crippen LogP contribution in [0.3, 0.4) is 0 Å². The maximum absolute atomic E-state index is 10.5. The van der Waals surface area contributed by atoms with Gasteiger partial charge in [-0.1, -0.05) is 6.92 Å². The molecule has 0 fully saturated rings. The second-order valence-electron chi connectivity index (χ2n) is 3.09.